The molecule has 1 saturated carbocycles. The van der Waals surface area contributed by atoms with E-state index in [0.29, 0.717) is 18.8 Å². The molecule has 0 radical (unpaired) electrons. The minimum Gasteiger partial charge on any atom is -0.481 e. The molecule has 3 aromatic rings. The summed E-state index contributed by atoms with van der Waals surface area (Å²) < 4.78 is 19.2. The van der Waals surface area contributed by atoms with Crippen LogP contribution in [-0.2, 0) is 22.6 Å². The third kappa shape index (κ3) is 5.27. The molecule has 36 heavy (non-hydrogen) atoms. The van der Waals surface area contributed by atoms with Gasteiger partial charge < -0.3 is 15.0 Å². The van der Waals surface area contributed by atoms with E-state index in [1.807, 2.05) is 23.1 Å². The molecule has 186 valence electrons. The molecule has 1 aliphatic carbocycles. The van der Waals surface area contributed by atoms with Crippen molar-refractivity contribution in [1.29, 1.82) is 0 Å². The Morgan fingerprint density at radius 1 is 1.08 bits per heavy atom. The SMILES string of the molecule is Cc1cccc(C2c3cc(OC(C)C(=O)NCc4ccc(F)cc4)ccc3CCN2C(=O)C2CC2)c1. The van der Waals surface area contributed by atoms with Gasteiger partial charge in [-0.05, 0) is 79.6 Å². The molecule has 0 bridgehead atoms. The number of benzene rings is 3. The number of amides is 2. The number of ether oxygens (including phenoxy) is 1. The van der Waals surface area contributed by atoms with Crippen molar-refractivity contribution in [2.24, 2.45) is 5.92 Å². The maximum atomic E-state index is 13.2. The number of hydrogen-bond acceptors (Lipinski definition) is 3. The Kier molecular flexibility index (Phi) is 6.77. The molecule has 1 aliphatic heterocycles. The summed E-state index contributed by atoms with van der Waals surface area (Å²) in [5, 5.41) is 2.84. The summed E-state index contributed by atoms with van der Waals surface area (Å²) in [6.07, 6.45) is 2.02. The molecule has 2 atom stereocenters. The van der Waals surface area contributed by atoms with E-state index in [1.165, 1.54) is 17.7 Å². The Balaban J connectivity index is 1.35. The fourth-order valence-electron chi connectivity index (χ4n) is 4.86. The standard InChI is InChI=1S/C30H31FN2O3/c1-19-4-3-5-24(16-19)28-27-17-26(13-10-22(27)14-15-33(28)30(35)23-8-9-23)36-20(2)29(34)32-18-21-6-11-25(31)12-7-21/h3-7,10-13,16-17,20,23,28H,8-9,14-15,18H2,1-2H3,(H,32,34). The zero-order valence-corrected chi connectivity index (χ0v) is 20.7. The number of nitrogens with zero attached hydrogens (tertiary/aromatic N) is 1. The molecule has 2 unspecified atom stereocenters. The van der Waals surface area contributed by atoms with Crippen LogP contribution in [0.25, 0.3) is 0 Å². The Bertz CT molecular complexity index is 1270. The summed E-state index contributed by atoms with van der Waals surface area (Å²) >= 11 is 0. The number of fused-ring (bicyclic) bond motifs is 1. The fourth-order valence-corrected chi connectivity index (χ4v) is 4.86. The summed E-state index contributed by atoms with van der Waals surface area (Å²) in [5.41, 5.74) is 5.30. The molecule has 0 saturated heterocycles. The van der Waals surface area contributed by atoms with Gasteiger partial charge in [-0.15, -0.1) is 0 Å². The third-order valence-electron chi connectivity index (χ3n) is 6.98. The minimum atomic E-state index is -0.714. The van der Waals surface area contributed by atoms with Gasteiger partial charge in [-0.1, -0.05) is 48.0 Å². The van der Waals surface area contributed by atoms with Gasteiger partial charge in [-0.3, -0.25) is 9.59 Å². The topological polar surface area (TPSA) is 58.6 Å². The number of rotatable bonds is 7. The second-order valence-corrected chi connectivity index (χ2v) is 9.84. The maximum Gasteiger partial charge on any atom is 0.261 e. The number of carbonyl (C=O) groups excluding carboxylic acids is 2. The smallest absolute Gasteiger partial charge is 0.261 e. The summed E-state index contributed by atoms with van der Waals surface area (Å²) in [4.78, 5) is 27.9. The van der Waals surface area contributed by atoms with Gasteiger partial charge in [0.15, 0.2) is 6.10 Å². The van der Waals surface area contributed by atoms with Crippen molar-refractivity contribution in [3.05, 3.63) is 100 Å². The monoisotopic (exact) mass is 486 g/mol. The Morgan fingerprint density at radius 2 is 1.86 bits per heavy atom. The minimum absolute atomic E-state index is 0.142. The molecule has 6 heteroatoms. The van der Waals surface area contributed by atoms with E-state index < -0.39 is 6.10 Å². The van der Waals surface area contributed by atoms with E-state index in [0.717, 1.165) is 41.5 Å². The molecule has 2 aliphatic rings. The van der Waals surface area contributed by atoms with Gasteiger partial charge >= 0.3 is 0 Å². The molecule has 1 fully saturated rings. The number of hydrogen-bond donors (Lipinski definition) is 1. The summed E-state index contributed by atoms with van der Waals surface area (Å²) in [6, 6.07) is 20.1. The Morgan fingerprint density at radius 3 is 2.58 bits per heavy atom. The van der Waals surface area contributed by atoms with Crippen LogP contribution in [0, 0.1) is 18.7 Å². The average Bonchev–Trinajstić information content (AvgIpc) is 3.72. The first-order valence-corrected chi connectivity index (χ1v) is 12.6. The van der Waals surface area contributed by atoms with Gasteiger partial charge in [0.25, 0.3) is 5.91 Å². The highest BCUT2D eigenvalue weighted by Crippen LogP contribution is 2.41. The lowest BCUT2D eigenvalue weighted by atomic mass is 9.87. The summed E-state index contributed by atoms with van der Waals surface area (Å²) in [6.45, 7) is 4.76. The fraction of sp³-hybridized carbons (Fsp3) is 0.333. The van der Waals surface area contributed by atoms with E-state index >= 15 is 0 Å². The highest BCUT2D eigenvalue weighted by molar-refractivity contribution is 5.82. The second kappa shape index (κ2) is 10.1. The van der Waals surface area contributed by atoms with Crippen molar-refractivity contribution in [2.45, 2.75) is 51.8 Å². The number of halogens is 1. The van der Waals surface area contributed by atoms with Crippen molar-refractivity contribution < 1.29 is 18.7 Å². The van der Waals surface area contributed by atoms with Crippen LogP contribution in [0.15, 0.2) is 66.7 Å². The average molecular weight is 487 g/mol. The van der Waals surface area contributed by atoms with Crippen LogP contribution in [0.3, 0.4) is 0 Å². The van der Waals surface area contributed by atoms with Crippen LogP contribution in [0.2, 0.25) is 0 Å². The number of carbonyl (C=O) groups is 2. The van der Waals surface area contributed by atoms with Crippen molar-refractivity contribution in [3.8, 4) is 5.75 Å². The van der Waals surface area contributed by atoms with Crippen molar-refractivity contribution in [2.75, 3.05) is 6.54 Å². The number of aryl methyl sites for hydroxylation is 1. The molecule has 0 aromatic heterocycles. The zero-order valence-electron chi connectivity index (χ0n) is 20.7. The van der Waals surface area contributed by atoms with Crippen LogP contribution < -0.4 is 10.1 Å². The van der Waals surface area contributed by atoms with Crippen molar-refractivity contribution in [3.63, 3.8) is 0 Å². The molecular weight excluding hydrogens is 455 g/mol. The predicted octanol–water partition coefficient (Wildman–Crippen LogP) is 5.10. The van der Waals surface area contributed by atoms with Crippen LogP contribution >= 0.6 is 0 Å². The van der Waals surface area contributed by atoms with Gasteiger partial charge in [0.2, 0.25) is 5.91 Å². The first-order chi connectivity index (χ1) is 17.4. The van der Waals surface area contributed by atoms with Crippen molar-refractivity contribution in [1.82, 2.24) is 10.2 Å². The van der Waals surface area contributed by atoms with E-state index in [2.05, 4.69) is 36.5 Å². The lowest BCUT2D eigenvalue weighted by Crippen LogP contribution is -2.41. The quantitative estimate of drug-likeness (QED) is 0.505. The predicted molar refractivity (Wildman–Crippen MR) is 136 cm³/mol. The van der Waals surface area contributed by atoms with Gasteiger partial charge in [0, 0.05) is 19.0 Å². The maximum absolute atomic E-state index is 13.2. The molecule has 0 spiro atoms. The van der Waals surface area contributed by atoms with Gasteiger partial charge in [-0.2, -0.15) is 0 Å². The van der Waals surface area contributed by atoms with Crippen molar-refractivity contribution >= 4 is 11.8 Å². The molecular formula is C30H31FN2O3. The number of nitrogens with one attached hydrogen (secondary N) is 1. The van der Waals surface area contributed by atoms with Gasteiger partial charge in [-0.25, -0.2) is 4.39 Å². The molecule has 5 rings (SSSR count). The van der Waals surface area contributed by atoms with E-state index in [4.69, 9.17) is 4.74 Å². The van der Waals surface area contributed by atoms with E-state index in [1.54, 1.807) is 19.1 Å². The second-order valence-electron chi connectivity index (χ2n) is 9.84. The van der Waals surface area contributed by atoms with Crippen LogP contribution in [-0.4, -0.2) is 29.4 Å². The van der Waals surface area contributed by atoms with E-state index in [-0.39, 0.29) is 29.6 Å². The first kappa shape index (κ1) is 24.0. The molecule has 1 heterocycles. The molecule has 2 amide bonds. The zero-order chi connectivity index (χ0) is 25.2. The lowest BCUT2D eigenvalue weighted by Gasteiger charge is -2.38. The normalized spacial score (nSPS) is 17.8. The van der Waals surface area contributed by atoms with Gasteiger partial charge in [0.1, 0.15) is 11.6 Å². The molecule has 1 N–H and O–H groups in total. The van der Waals surface area contributed by atoms with E-state index in [9.17, 15) is 14.0 Å². The first-order valence-electron chi connectivity index (χ1n) is 12.6. The molecule has 3 aromatic carbocycles. The van der Waals surface area contributed by atoms with Crippen LogP contribution in [0.4, 0.5) is 4.39 Å². The van der Waals surface area contributed by atoms with Crippen LogP contribution in [0.1, 0.15) is 53.6 Å². The highest BCUT2D eigenvalue weighted by Gasteiger charge is 2.39. The highest BCUT2D eigenvalue weighted by atomic mass is 19.1. The van der Waals surface area contributed by atoms with Gasteiger partial charge in [0.05, 0.1) is 6.04 Å². The summed E-state index contributed by atoms with van der Waals surface area (Å²) in [5.74, 6) is 0.403. The lowest BCUT2D eigenvalue weighted by molar-refractivity contribution is -0.134. The Hall–Kier alpha value is -3.67. The molecule has 5 nitrogen and oxygen atoms in total. The summed E-state index contributed by atoms with van der Waals surface area (Å²) in [7, 11) is 0. The largest absolute Gasteiger partial charge is 0.481 e. The van der Waals surface area contributed by atoms with Crippen LogP contribution in [0.5, 0.6) is 5.75 Å². The third-order valence-corrected chi connectivity index (χ3v) is 6.98. The Labute approximate surface area is 211 Å².